The number of nitrogens with zero attached hydrogens (tertiary/aromatic N) is 4. The van der Waals surface area contributed by atoms with Gasteiger partial charge in [0.25, 0.3) is 0 Å². The van der Waals surface area contributed by atoms with Gasteiger partial charge in [-0.3, -0.25) is 0 Å². The summed E-state index contributed by atoms with van der Waals surface area (Å²) in [6.07, 6.45) is 7.11. The molecule has 4 aromatic heterocycles. The van der Waals surface area contributed by atoms with Gasteiger partial charge >= 0.3 is 11.9 Å². The Hall–Kier alpha value is -2.61. The molecule has 0 aliphatic carbocycles. The lowest BCUT2D eigenvalue weighted by atomic mass is 10.4. The van der Waals surface area contributed by atoms with Gasteiger partial charge < -0.3 is 20.1 Å². The maximum Gasteiger partial charge on any atom is 0.333 e. The van der Waals surface area contributed by atoms with E-state index in [1.54, 1.807) is 96.5 Å². The zero-order valence-electron chi connectivity index (χ0n) is 28.1. The van der Waals surface area contributed by atoms with Gasteiger partial charge in [0.1, 0.15) is 26.7 Å². The molecule has 4 aromatic rings. The molecule has 51 heavy (non-hydrogen) atoms. The highest BCUT2D eigenvalue weighted by Gasteiger charge is 2.02. The number of rotatable bonds is 15. The molecule has 0 radical (unpaired) electrons. The van der Waals surface area contributed by atoms with Crippen molar-refractivity contribution in [2.45, 2.75) is 34.0 Å². The number of aromatic nitrogens is 4. The standard InChI is InChI=1S/C11H13NO2S2.C10H8N2S2.C7H9NOS2.C4H6O2.C2H6OS/c1-9(2)11(13)14-7-8-15-16-10-5-3-4-6-12-10;1-3-7-11-9(5-1)13-14-10-6-2-4-8-12-10;9-5-6-10-11-7-3-1-2-4-8-7;1-3(2)4(5)6;3-1-2-4/h3-6H,1,7-8H2,2H3;1-8H;1-4,9H,5-6H2;1H2,2H3,(H,5,6);3-4H,1-2H2. The summed E-state index contributed by atoms with van der Waals surface area (Å²) in [5.74, 6) is 0.792. The molecule has 0 atom stereocenters. The molecule has 0 aliphatic heterocycles. The van der Waals surface area contributed by atoms with Crippen LogP contribution in [0.25, 0.3) is 0 Å². The van der Waals surface area contributed by atoms with Crippen LogP contribution in [0.15, 0.2) is 142 Å². The zero-order chi connectivity index (χ0) is 38.0. The number of carbonyl (C=O) groups is 2. The normalized spacial score (nSPS) is 9.43. The maximum absolute atomic E-state index is 11.0. The molecule has 0 amide bonds. The van der Waals surface area contributed by atoms with Crippen molar-refractivity contribution in [1.29, 1.82) is 0 Å². The van der Waals surface area contributed by atoms with E-state index in [1.807, 2.05) is 72.8 Å². The van der Waals surface area contributed by atoms with E-state index in [-0.39, 0.29) is 24.8 Å². The third-order valence-corrected chi connectivity index (χ3v) is 11.3. The lowest BCUT2D eigenvalue weighted by molar-refractivity contribution is -0.138. The van der Waals surface area contributed by atoms with Gasteiger partial charge in [-0.05, 0) is 106 Å². The molecule has 4 heterocycles. The maximum atomic E-state index is 11.0. The van der Waals surface area contributed by atoms with E-state index >= 15 is 0 Å². The van der Waals surface area contributed by atoms with Crippen LogP contribution < -0.4 is 0 Å². The summed E-state index contributed by atoms with van der Waals surface area (Å²) in [7, 11) is 9.61. The summed E-state index contributed by atoms with van der Waals surface area (Å²) in [5.41, 5.74) is 0.609. The van der Waals surface area contributed by atoms with Gasteiger partial charge in [-0.25, -0.2) is 29.5 Å². The van der Waals surface area contributed by atoms with Crippen LogP contribution in [0, 0.1) is 0 Å². The van der Waals surface area contributed by atoms with Crippen LogP contribution >= 0.6 is 77.4 Å². The third-order valence-electron chi connectivity index (χ3n) is 4.44. The van der Waals surface area contributed by atoms with Crippen molar-refractivity contribution in [3.63, 3.8) is 0 Å². The van der Waals surface area contributed by atoms with Gasteiger partial charge in [0.2, 0.25) is 0 Å². The van der Waals surface area contributed by atoms with Crippen molar-refractivity contribution < 1.29 is 29.6 Å². The number of esters is 1. The van der Waals surface area contributed by atoms with Crippen molar-refractivity contribution in [2.24, 2.45) is 0 Å². The van der Waals surface area contributed by atoms with E-state index in [9.17, 15) is 9.59 Å². The Morgan fingerprint density at radius 1 is 0.647 bits per heavy atom. The topological polar surface area (TPSA) is 156 Å². The lowest BCUT2D eigenvalue weighted by Gasteiger charge is -2.03. The molecule has 0 saturated heterocycles. The summed E-state index contributed by atoms with van der Waals surface area (Å²) in [6, 6.07) is 23.3. The number of aliphatic hydroxyl groups is 2. The van der Waals surface area contributed by atoms with Crippen LogP contribution in [0.3, 0.4) is 0 Å². The first kappa shape index (κ1) is 48.4. The average Bonchev–Trinajstić information content (AvgIpc) is 3.16. The van der Waals surface area contributed by atoms with Gasteiger partial charge in [-0.2, -0.15) is 12.6 Å². The molecule has 4 rings (SSSR count). The third kappa shape index (κ3) is 30.7. The van der Waals surface area contributed by atoms with Crippen molar-refractivity contribution in [3.05, 3.63) is 122 Å². The number of hydrogen-bond acceptors (Lipinski definition) is 16. The predicted molar refractivity (Wildman–Crippen MR) is 222 cm³/mol. The highest BCUT2D eigenvalue weighted by molar-refractivity contribution is 8.77. The monoisotopic (exact) mass is 826 g/mol. The summed E-state index contributed by atoms with van der Waals surface area (Å²) < 4.78 is 4.95. The molecule has 0 saturated carbocycles. The van der Waals surface area contributed by atoms with Crippen LogP contribution in [0.5, 0.6) is 0 Å². The second-order valence-corrected chi connectivity index (χ2v) is 16.3. The van der Waals surface area contributed by atoms with Gasteiger partial charge in [-0.1, -0.05) is 59.0 Å². The van der Waals surface area contributed by atoms with Crippen molar-refractivity contribution >= 4 is 89.3 Å². The minimum atomic E-state index is -0.935. The molecule has 0 spiro atoms. The highest BCUT2D eigenvalue weighted by atomic mass is 33.1. The predicted octanol–water partition coefficient (Wildman–Crippen LogP) is 8.59. The fourth-order valence-electron chi connectivity index (χ4n) is 2.20. The van der Waals surface area contributed by atoms with E-state index in [1.165, 1.54) is 6.92 Å². The summed E-state index contributed by atoms with van der Waals surface area (Å²) in [4.78, 5) is 37.3. The first-order chi connectivity index (χ1) is 24.6. The molecule has 0 aliphatic rings. The number of aliphatic hydroxyl groups excluding tert-OH is 2. The highest BCUT2D eigenvalue weighted by Crippen LogP contribution is 2.34. The number of thiol groups is 1. The van der Waals surface area contributed by atoms with Crippen LogP contribution in [0.4, 0.5) is 0 Å². The number of hydrogen-bond donors (Lipinski definition) is 4. The molecule has 0 bridgehead atoms. The second kappa shape index (κ2) is 34.5. The Kier molecular flexibility index (Phi) is 32.7. The quantitative estimate of drug-likeness (QED) is 0.0297. The van der Waals surface area contributed by atoms with E-state index in [4.69, 9.17) is 20.1 Å². The molecule has 0 fully saturated rings. The number of aliphatic carboxylic acids is 1. The number of carboxylic acids is 1. The minimum Gasteiger partial charge on any atom is -0.478 e. The number of carbonyl (C=O) groups excluding carboxylic acids is 1. The fraction of sp³-hybridized carbons (Fsp3) is 0.235. The van der Waals surface area contributed by atoms with Crippen LogP contribution in [0.1, 0.15) is 13.8 Å². The van der Waals surface area contributed by atoms with Crippen molar-refractivity contribution in [3.8, 4) is 0 Å². The van der Waals surface area contributed by atoms with Crippen LogP contribution in [-0.2, 0) is 14.3 Å². The number of ether oxygens (including phenoxy) is 1. The summed E-state index contributed by atoms with van der Waals surface area (Å²) in [5, 5.41) is 28.1. The molecule has 276 valence electrons. The summed E-state index contributed by atoms with van der Waals surface area (Å²) >= 11 is 3.67. The first-order valence-corrected chi connectivity index (χ1v) is 22.2. The van der Waals surface area contributed by atoms with Crippen LogP contribution in [-0.4, -0.2) is 84.3 Å². The Labute approximate surface area is 329 Å². The first-order valence-electron chi connectivity index (χ1n) is 14.8. The van der Waals surface area contributed by atoms with Crippen molar-refractivity contribution in [2.75, 3.05) is 37.1 Å². The largest absolute Gasteiger partial charge is 0.478 e. The molecule has 17 heteroatoms. The Morgan fingerprint density at radius 2 is 1.00 bits per heavy atom. The van der Waals surface area contributed by atoms with E-state index < -0.39 is 5.97 Å². The minimum absolute atomic E-state index is 0.176. The van der Waals surface area contributed by atoms with Gasteiger partial charge in [0, 0.05) is 53.2 Å². The molecule has 0 unspecified atom stereocenters. The number of pyridine rings is 4. The molecule has 10 nitrogen and oxygen atoms in total. The zero-order valence-corrected chi connectivity index (χ0v) is 33.9. The smallest absolute Gasteiger partial charge is 0.333 e. The van der Waals surface area contributed by atoms with Crippen molar-refractivity contribution in [1.82, 2.24) is 19.9 Å². The molecule has 0 aromatic carbocycles. The molecular formula is C34H42N4O6S7. The second-order valence-electron chi connectivity index (χ2n) is 8.82. The average molecular weight is 827 g/mol. The fourth-order valence-corrected chi connectivity index (χ4v) is 7.31. The van der Waals surface area contributed by atoms with E-state index in [2.05, 4.69) is 45.7 Å². The Bertz CT molecular complexity index is 1410. The number of carboxylic acid groups (broad SMARTS) is 1. The van der Waals surface area contributed by atoms with E-state index in [0.29, 0.717) is 17.9 Å². The van der Waals surface area contributed by atoms with Gasteiger partial charge in [-0.15, -0.1) is 0 Å². The van der Waals surface area contributed by atoms with Gasteiger partial charge in [0.05, 0.1) is 13.2 Å². The SMILES string of the molecule is C=C(C)C(=O)O.C=C(C)C(=O)OCCSSc1ccccn1.OCCS.OCCSSc1ccccn1.c1ccc(SSc2ccccn2)nc1. The van der Waals surface area contributed by atoms with Gasteiger partial charge in [0.15, 0.2) is 0 Å². The van der Waals surface area contributed by atoms with E-state index in [0.717, 1.165) is 31.6 Å². The Balaban J connectivity index is 0.000000656. The molecular weight excluding hydrogens is 785 g/mol. The molecule has 3 N–H and O–H groups in total. The Morgan fingerprint density at radius 3 is 1.27 bits per heavy atom. The lowest BCUT2D eigenvalue weighted by Crippen LogP contribution is -2.07. The summed E-state index contributed by atoms with van der Waals surface area (Å²) in [6.45, 7) is 10.6. The van der Waals surface area contributed by atoms with Crippen LogP contribution in [0.2, 0.25) is 0 Å².